The van der Waals surface area contributed by atoms with Crippen molar-refractivity contribution in [3.63, 3.8) is 0 Å². The number of rotatable bonds is 2. The number of amides is 1. The van der Waals surface area contributed by atoms with Crippen LogP contribution in [-0.2, 0) is 11.3 Å². The van der Waals surface area contributed by atoms with Gasteiger partial charge in [0.25, 0.3) is 11.7 Å². The third kappa shape index (κ3) is 2.25. The molecule has 21 heavy (non-hydrogen) atoms. The van der Waals surface area contributed by atoms with Gasteiger partial charge in [0.05, 0.1) is 17.8 Å². The third-order valence-corrected chi connectivity index (χ3v) is 3.95. The number of hydrogen-bond acceptors (Lipinski definition) is 2. The minimum Gasteiger partial charge on any atom is -0.300 e. The van der Waals surface area contributed by atoms with Crippen molar-refractivity contribution < 1.29 is 18.4 Å². The lowest BCUT2D eigenvalue weighted by Crippen LogP contribution is -2.29. The monoisotopic (exact) mass is 351 g/mol. The summed E-state index contributed by atoms with van der Waals surface area (Å²) < 4.78 is 27.1. The van der Waals surface area contributed by atoms with Crippen LogP contribution in [0.2, 0.25) is 0 Å². The number of ketones is 1. The molecule has 0 radical (unpaired) electrons. The van der Waals surface area contributed by atoms with Crippen molar-refractivity contribution in [2.24, 2.45) is 0 Å². The molecule has 0 fully saturated rings. The average Bonchev–Trinajstić information content (AvgIpc) is 2.68. The Kier molecular flexibility index (Phi) is 3.33. The summed E-state index contributed by atoms with van der Waals surface area (Å²) in [5.41, 5.74) is 0.832. The molecular formula is C15H8BrF2NO2. The second-order valence-corrected chi connectivity index (χ2v) is 5.44. The van der Waals surface area contributed by atoms with E-state index in [2.05, 4.69) is 15.9 Å². The molecule has 1 aliphatic rings. The van der Waals surface area contributed by atoms with Crippen molar-refractivity contribution in [1.82, 2.24) is 0 Å². The van der Waals surface area contributed by atoms with Gasteiger partial charge in [-0.15, -0.1) is 0 Å². The molecule has 3 nitrogen and oxygen atoms in total. The van der Waals surface area contributed by atoms with Crippen LogP contribution in [0.4, 0.5) is 14.5 Å². The second kappa shape index (κ2) is 5.04. The van der Waals surface area contributed by atoms with E-state index >= 15 is 0 Å². The number of Topliss-reactive ketones (excluding diaryl/α,β-unsaturated/α-hetero) is 1. The fourth-order valence-electron chi connectivity index (χ4n) is 2.28. The van der Waals surface area contributed by atoms with Crippen LogP contribution in [0.1, 0.15) is 15.9 Å². The van der Waals surface area contributed by atoms with Gasteiger partial charge in [-0.05, 0) is 34.1 Å². The lowest BCUT2D eigenvalue weighted by Gasteiger charge is -2.17. The van der Waals surface area contributed by atoms with Crippen LogP contribution in [0.25, 0.3) is 0 Å². The molecule has 0 aromatic heterocycles. The molecule has 0 aliphatic carbocycles. The zero-order chi connectivity index (χ0) is 15.1. The highest BCUT2D eigenvalue weighted by molar-refractivity contribution is 9.10. The Morgan fingerprint density at radius 2 is 1.86 bits per heavy atom. The first kappa shape index (κ1) is 13.9. The van der Waals surface area contributed by atoms with E-state index in [0.29, 0.717) is 10.2 Å². The maximum absolute atomic E-state index is 13.7. The van der Waals surface area contributed by atoms with Crippen molar-refractivity contribution in [3.8, 4) is 0 Å². The topological polar surface area (TPSA) is 37.4 Å². The van der Waals surface area contributed by atoms with Crippen LogP contribution in [-0.4, -0.2) is 11.7 Å². The predicted octanol–water partition coefficient (Wildman–Crippen LogP) is 3.46. The number of carbonyl (C=O) groups is 2. The molecule has 1 amide bonds. The molecule has 1 heterocycles. The number of halogens is 3. The number of nitrogens with zero attached hydrogens (tertiary/aromatic N) is 1. The van der Waals surface area contributed by atoms with Crippen molar-refractivity contribution >= 4 is 33.3 Å². The molecular weight excluding hydrogens is 344 g/mol. The minimum absolute atomic E-state index is 0.125. The summed E-state index contributed by atoms with van der Waals surface area (Å²) in [7, 11) is 0. The molecule has 1 aliphatic heterocycles. The Labute approximate surface area is 127 Å². The van der Waals surface area contributed by atoms with Crippen LogP contribution >= 0.6 is 15.9 Å². The third-order valence-electron chi connectivity index (χ3n) is 3.29. The summed E-state index contributed by atoms with van der Waals surface area (Å²) in [6, 6.07) is 8.08. The van der Waals surface area contributed by atoms with E-state index in [1.165, 1.54) is 11.0 Å². The summed E-state index contributed by atoms with van der Waals surface area (Å²) in [4.78, 5) is 25.2. The molecule has 0 unspecified atom stereocenters. The lowest BCUT2D eigenvalue weighted by atomic mass is 10.1. The molecule has 0 N–H and O–H groups in total. The highest BCUT2D eigenvalue weighted by atomic mass is 79.9. The van der Waals surface area contributed by atoms with Gasteiger partial charge in [-0.3, -0.25) is 9.59 Å². The maximum atomic E-state index is 13.7. The number of fused-ring (bicyclic) bond motifs is 1. The molecule has 0 bridgehead atoms. The van der Waals surface area contributed by atoms with Crippen LogP contribution in [0.15, 0.2) is 40.9 Å². The molecule has 0 saturated heterocycles. The molecule has 3 rings (SSSR count). The van der Waals surface area contributed by atoms with Gasteiger partial charge < -0.3 is 4.90 Å². The van der Waals surface area contributed by atoms with E-state index in [0.717, 1.165) is 12.1 Å². The Balaban J connectivity index is 2.03. The van der Waals surface area contributed by atoms with Crippen molar-refractivity contribution in [2.45, 2.75) is 6.54 Å². The van der Waals surface area contributed by atoms with Gasteiger partial charge in [-0.1, -0.05) is 12.1 Å². The highest BCUT2D eigenvalue weighted by Crippen LogP contribution is 2.35. The maximum Gasteiger partial charge on any atom is 0.299 e. The summed E-state index contributed by atoms with van der Waals surface area (Å²) in [5, 5.41) is 0. The first-order chi connectivity index (χ1) is 9.99. The number of carbonyl (C=O) groups excluding carboxylic acids is 2. The zero-order valence-electron chi connectivity index (χ0n) is 10.6. The first-order valence-corrected chi connectivity index (χ1v) is 6.87. The fourth-order valence-corrected chi connectivity index (χ4v) is 2.81. The molecule has 2 aromatic rings. The first-order valence-electron chi connectivity index (χ1n) is 6.07. The van der Waals surface area contributed by atoms with Gasteiger partial charge in [0.15, 0.2) is 0 Å². The largest absolute Gasteiger partial charge is 0.300 e. The smallest absolute Gasteiger partial charge is 0.299 e. The standard InChI is InChI=1S/C15H8BrF2NO2/c16-10-2-1-3-12-13(10)14(20)15(21)19(12)7-8-4-5-9(17)6-11(8)18/h1-6H,7H2. The molecule has 0 atom stereocenters. The Bertz CT molecular complexity index is 776. The zero-order valence-corrected chi connectivity index (χ0v) is 12.2. The van der Waals surface area contributed by atoms with Crippen LogP contribution in [0.5, 0.6) is 0 Å². The summed E-state index contributed by atoms with van der Waals surface area (Å²) in [5.74, 6) is -2.80. The predicted molar refractivity (Wildman–Crippen MR) is 76.0 cm³/mol. The van der Waals surface area contributed by atoms with Crippen molar-refractivity contribution in [2.75, 3.05) is 4.90 Å². The number of hydrogen-bond donors (Lipinski definition) is 0. The van der Waals surface area contributed by atoms with Crippen molar-refractivity contribution in [3.05, 3.63) is 63.6 Å². The fraction of sp³-hybridized carbons (Fsp3) is 0.0667. The second-order valence-electron chi connectivity index (χ2n) is 4.59. The Morgan fingerprint density at radius 1 is 1.10 bits per heavy atom. The lowest BCUT2D eigenvalue weighted by molar-refractivity contribution is -0.114. The summed E-state index contributed by atoms with van der Waals surface area (Å²) in [6.07, 6.45) is 0. The van der Waals surface area contributed by atoms with Crippen LogP contribution in [0, 0.1) is 11.6 Å². The molecule has 0 spiro atoms. The Morgan fingerprint density at radius 3 is 2.57 bits per heavy atom. The highest BCUT2D eigenvalue weighted by Gasteiger charge is 2.37. The van der Waals surface area contributed by atoms with Crippen LogP contribution < -0.4 is 4.90 Å². The van der Waals surface area contributed by atoms with E-state index in [1.807, 2.05) is 0 Å². The summed E-state index contributed by atoms with van der Waals surface area (Å²) in [6.45, 7) is -0.125. The van der Waals surface area contributed by atoms with Crippen LogP contribution in [0.3, 0.4) is 0 Å². The van der Waals surface area contributed by atoms with Gasteiger partial charge in [0, 0.05) is 16.1 Å². The molecule has 106 valence electrons. The average molecular weight is 352 g/mol. The SMILES string of the molecule is O=C1C(=O)N(Cc2ccc(F)cc2F)c2cccc(Br)c21. The number of benzene rings is 2. The molecule has 0 saturated carbocycles. The van der Waals surface area contributed by atoms with Gasteiger partial charge in [-0.25, -0.2) is 8.78 Å². The van der Waals surface area contributed by atoms with E-state index in [4.69, 9.17) is 0 Å². The van der Waals surface area contributed by atoms with E-state index in [9.17, 15) is 18.4 Å². The minimum atomic E-state index is -0.751. The van der Waals surface area contributed by atoms with Gasteiger partial charge in [0.2, 0.25) is 0 Å². The summed E-state index contributed by atoms with van der Waals surface area (Å²) >= 11 is 3.23. The van der Waals surface area contributed by atoms with E-state index in [-0.39, 0.29) is 17.7 Å². The van der Waals surface area contributed by atoms with Gasteiger partial charge >= 0.3 is 0 Å². The molecule has 2 aromatic carbocycles. The van der Waals surface area contributed by atoms with Crippen molar-refractivity contribution in [1.29, 1.82) is 0 Å². The van der Waals surface area contributed by atoms with E-state index in [1.54, 1.807) is 18.2 Å². The number of anilines is 1. The van der Waals surface area contributed by atoms with Gasteiger partial charge in [-0.2, -0.15) is 0 Å². The quantitative estimate of drug-likeness (QED) is 0.777. The molecule has 6 heteroatoms. The Hall–Kier alpha value is -2.08. The normalized spacial score (nSPS) is 13.8. The van der Waals surface area contributed by atoms with Gasteiger partial charge in [0.1, 0.15) is 11.6 Å². The van der Waals surface area contributed by atoms with E-state index < -0.39 is 23.3 Å².